The predicted molar refractivity (Wildman–Crippen MR) is 144 cm³/mol. The minimum atomic E-state index is -0.312. The van der Waals surface area contributed by atoms with Gasteiger partial charge in [0.1, 0.15) is 5.69 Å². The lowest BCUT2D eigenvalue weighted by atomic mass is 9.83. The molecule has 1 fully saturated rings. The fraction of sp³-hybridized carbons (Fsp3) is 0.194. The van der Waals surface area contributed by atoms with E-state index in [1.165, 1.54) is 0 Å². The molecule has 2 atom stereocenters. The third kappa shape index (κ3) is 4.47. The van der Waals surface area contributed by atoms with Crippen molar-refractivity contribution < 1.29 is 9.59 Å². The summed E-state index contributed by atoms with van der Waals surface area (Å²) in [6, 6.07) is 30.3. The number of carbonyl (C=O) groups is 2. The fourth-order valence-corrected chi connectivity index (χ4v) is 5.61. The van der Waals surface area contributed by atoms with Gasteiger partial charge in [-0.1, -0.05) is 60.7 Å². The van der Waals surface area contributed by atoms with Crippen LogP contribution in [0.3, 0.4) is 0 Å². The maximum Gasteiger partial charge on any atom is 0.274 e. The molecule has 2 bridgehead atoms. The van der Waals surface area contributed by atoms with Gasteiger partial charge in [-0.15, -0.1) is 0 Å². The van der Waals surface area contributed by atoms with Crippen molar-refractivity contribution in [1.29, 1.82) is 0 Å². The molecule has 0 aliphatic carbocycles. The zero-order valence-corrected chi connectivity index (χ0v) is 20.3. The largest absolute Gasteiger partial charge is 0.338 e. The molecule has 1 N–H and O–H groups in total. The molecule has 2 amide bonds. The first-order chi connectivity index (χ1) is 18.1. The Morgan fingerprint density at radius 2 is 1.38 bits per heavy atom. The van der Waals surface area contributed by atoms with Gasteiger partial charge in [-0.2, -0.15) is 0 Å². The average Bonchev–Trinajstić information content (AvgIpc) is 2.95. The van der Waals surface area contributed by atoms with E-state index in [2.05, 4.69) is 5.32 Å². The van der Waals surface area contributed by atoms with Crippen molar-refractivity contribution in [1.82, 2.24) is 9.47 Å². The molecule has 0 radical (unpaired) electrons. The van der Waals surface area contributed by atoms with Gasteiger partial charge in [0.05, 0.1) is 0 Å². The van der Waals surface area contributed by atoms with E-state index in [-0.39, 0.29) is 34.9 Å². The van der Waals surface area contributed by atoms with Crippen LogP contribution in [-0.4, -0.2) is 34.4 Å². The van der Waals surface area contributed by atoms with E-state index < -0.39 is 0 Å². The topological polar surface area (TPSA) is 71.4 Å². The van der Waals surface area contributed by atoms with Gasteiger partial charge in [0.2, 0.25) is 0 Å². The standard InChI is InChI=1S/C31H27N3O3/c35-29(24-13-11-23(12-14-24)22-7-3-1-4-8-22)32-27-15-16-28-26-17-21(19-34(28)31(27)37)18-33(20-26)30(36)25-9-5-2-6-10-25/h1-16,21,26H,17-20H2,(H,32,35)/t21-,26+/m0/s1. The van der Waals surface area contributed by atoms with Gasteiger partial charge in [0, 0.05) is 42.4 Å². The number of aromatic nitrogens is 1. The van der Waals surface area contributed by atoms with E-state index in [0.717, 1.165) is 23.2 Å². The molecule has 0 saturated carbocycles. The van der Waals surface area contributed by atoms with Gasteiger partial charge >= 0.3 is 0 Å². The fourth-order valence-electron chi connectivity index (χ4n) is 5.61. The van der Waals surface area contributed by atoms with Crippen LogP contribution in [0.15, 0.2) is 102 Å². The van der Waals surface area contributed by atoms with Crippen LogP contribution < -0.4 is 10.9 Å². The monoisotopic (exact) mass is 489 g/mol. The molecule has 1 saturated heterocycles. The highest BCUT2D eigenvalue weighted by Gasteiger charge is 2.37. The lowest BCUT2D eigenvalue weighted by molar-refractivity contribution is 0.0594. The average molecular weight is 490 g/mol. The van der Waals surface area contributed by atoms with Crippen molar-refractivity contribution in [3.63, 3.8) is 0 Å². The number of amides is 2. The number of likely N-dealkylation sites (tertiary alicyclic amines) is 1. The summed E-state index contributed by atoms with van der Waals surface area (Å²) in [5.41, 5.74) is 4.30. The second kappa shape index (κ2) is 9.54. The van der Waals surface area contributed by atoms with Crippen LogP contribution in [0.5, 0.6) is 0 Å². The molecule has 6 rings (SSSR count). The van der Waals surface area contributed by atoms with Gasteiger partial charge in [-0.3, -0.25) is 14.4 Å². The Hall–Kier alpha value is -4.45. The molecule has 0 spiro atoms. The number of rotatable bonds is 4. The number of fused-ring (bicyclic) bond motifs is 4. The molecule has 6 nitrogen and oxygen atoms in total. The van der Waals surface area contributed by atoms with Crippen LogP contribution in [-0.2, 0) is 6.54 Å². The molecule has 2 aliphatic rings. The highest BCUT2D eigenvalue weighted by Crippen LogP contribution is 2.36. The Bertz CT molecular complexity index is 1510. The lowest BCUT2D eigenvalue weighted by Gasteiger charge is -2.43. The Labute approximate surface area is 215 Å². The number of carbonyl (C=O) groups excluding carboxylic acids is 2. The number of pyridine rings is 1. The molecular formula is C31H27N3O3. The first-order valence-corrected chi connectivity index (χ1v) is 12.6. The quantitative estimate of drug-likeness (QED) is 0.437. The number of benzene rings is 3. The molecular weight excluding hydrogens is 462 g/mol. The summed E-state index contributed by atoms with van der Waals surface area (Å²) in [5, 5.41) is 2.81. The van der Waals surface area contributed by atoms with Gasteiger partial charge in [-0.25, -0.2) is 0 Å². The Morgan fingerprint density at radius 1 is 0.703 bits per heavy atom. The maximum absolute atomic E-state index is 13.4. The molecule has 2 aliphatic heterocycles. The van der Waals surface area contributed by atoms with Crippen molar-refractivity contribution >= 4 is 17.5 Å². The number of anilines is 1. The third-order valence-corrected chi connectivity index (χ3v) is 7.41. The highest BCUT2D eigenvalue weighted by atomic mass is 16.2. The summed E-state index contributed by atoms with van der Waals surface area (Å²) >= 11 is 0. The van der Waals surface area contributed by atoms with E-state index >= 15 is 0 Å². The molecule has 3 aromatic carbocycles. The molecule has 4 aromatic rings. The maximum atomic E-state index is 13.4. The first kappa shape index (κ1) is 23.0. The number of nitrogens with one attached hydrogen (secondary N) is 1. The van der Waals surface area contributed by atoms with E-state index in [4.69, 9.17) is 0 Å². The van der Waals surface area contributed by atoms with Gasteiger partial charge in [0.15, 0.2) is 0 Å². The van der Waals surface area contributed by atoms with Gasteiger partial charge < -0.3 is 14.8 Å². The summed E-state index contributed by atoms with van der Waals surface area (Å²) in [7, 11) is 0. The molecule has 6 heteroatoms. The van der Waals surface area contributed by atoms with Crippen LogP contribution in [0.4, 0.5) is 5.69 Å². The highest BCUT2D eigenvalue weighted by molar-refractivity contribution is 6.04. The van der Waals surface area contributed by atoms with Crippen molar-refractivity contribution in [3.8, 4) is 11.1 Å². The number of hydrogen-bond acceptors (Lipinski definition) is 3. The second-order valence-electron chi connectivity index (χ2n) is 9.86. The normalized spacial score (nSPS) is 18.1. The van der Waals surface area contributed by atoms with Crippen molar-refractivity contribution in [2.45, 2.75) is 18.9 Å². The summed E-state index contributed by atoms with van der Waals surface area (Å²) in [5.74, 6) is 0.0254. The molecule has 1 aromatic heterocycles. The predicted octanol–water partition coefficient (Wildman–Crippen LogP) is 5.03. The van der Waals surface area contributed by atoms with Crippen LogP contribution in [0, 0.1) is 5.92 Å². The molecule has 37 heavy (non-hydrogen) atoms. The van der Waals surface area contributed by atoms with Crippen LogP contribution in [0.2, 0.25) is 0 Å². The number of nitrogens with zero attached hydrogens (tertiary/aromatic N) is 2. The van der Waals surface area contributed by atoms with Crippen LogP contribution in [0.1, 0.15) is 38.7 Å². The smallest absolute Gasteiger partial charge is 0.274 e. The van der Waals surface area contributed by atoms with Gasteiger partial charge in [-0.05, 0) is 59.9 Å². The Balaban J connectivity index is 1.19. The summed E-state index contributed by atoms with van der Waals surface area (Å²) < 4.78 is 1.79. The Morgan fingerprint density at radius 3 is 2.11 bits per heavy atom. The van der Waals surface area contributed by atoms with Gasteiger partial charge in [0.25, 0.3) is 17.4 Å². The summed E-state index contributed by atoms with van der Waals surface area (Å²) in [6.07, 6.45) is 0.956. The molecule has 184 valence electrons. The first-order valence-electron chi connectivity index (χ1n) is 12.6. The van der Waals surface area contributed by atoms with Crippen LogP contribution >= 0.6 is 0 Å². The van der Waals surface area contributed by atoms with Crippen molar-refractivity contribution in [3.05, 3.63) is 124 Å². The van der Waals surface area contributed by atoms with E-state index in [0.29, 0.717) is 30.8 Å². The molecule has 3 heterocycles. The summed E-state index contributed by atoms with van der Waals surface area (Å²) in [6.45, 7) is 1.75. The van der Waals surface area contributed by atoms with E-state index in [9.17, 15) is 14.4 Å². The number of piperidine rings is 1. The SMILES string of the molecule is O=C(Nc1ccc2n(c1=O)C[C@H]1C[C@@H]2CN(C(=O)c2ccccc2)C1)c1ccc(-c2ccccc2)cc1. The zero-order valence-electron chi connectivity index (χ0n) is 20.3. The third-order valence-electron chi connectivity index (χ3n) is 7.41. The van der Waals surface area contributed by atoms with E-state index in [1.807, 2.05) is 83.8 Å². The van der Waals surface area contributed by atoms with Crippen molar-refractivity contribution in [2.75, 3.05) is 18.4 Å². The Kier molecular flexibility index (Phi) is 5.93. The molecule has 0 unspecified atom stereocenters. The minimum Gasteiger partial charge on any atom is -0.338 e. The second-order valence-corrected chi connectivity index (χ2v) is 9.86. The zero-order chi connectivity index (χ0) is 25.4. The summed E-state index contributed by atoms with van der Waals surface area (Å²) in [4.78, 5) is 41.2. The van der Waals surface area contributed by atoms with Crippen molar-refractivity contribution in [2.24, 2.45) is 5.92 Å². The van der Waals surface area contributed by atoms with Crippen LogP contribution in [0.25, 0.3) is 11.1 Å². The lowest BCUT2D eigenvalue weighted by Crippen LogP contribution is -2.49. The number of hydrogen-bond donors (Lipinski definition) is 1. The minimum absolute atomic E-state index is 0.0354. The van der Waals surface area contributed by atoms with E-state index in [1.54, 1.807) is 22.8 Å².